The van der Waals surface area contributed by atoms with Crippen molar-refractivity contribution >= 4 is 6.03 Å². The normalized spacial score (nSPS) is 10.3. The monoisotopic (exact) mass is 465 g/mol. The van der Waals surface area contributed by atoms with Crippen LogP contribution in [0.3, 0.4) is 0 Å². The largest absolute Gasteiger partial charge is 1.00 e. The topological polar surface area (TPSA) is 41.6 Å². The average molecular weight is 465 g/mol. The maximum absolute atomic E-state index is 11.6. The molecule has 2 amide bonds. The minimum Gasteiger partial charge on any atom is -1.00 e. The SMILES string of the molecule is C.CC[N+](CC)(CCNC(=O)N(C)C)CCOc1cccc(C)c1.[I-]. The summed E-state index contributed by atoms with van der Waals surface area (Å²) in [5.74, 6) is 0.927. The van der Waals surface area contributed by atoms with Crippen LogP contribution in [0.25, 0.3) is 0 Å². The number of ether oxygens (including phenoxy) is 1. The fourth-order valence-electron chi connectivity index (χ4n) is 2.59. The van der Waals surface area contributed by atoms with Gasteiger partial charge in [-0.2, -0.15) is 0 Å². The zero-order chi connectivity index (χ0) is 17.3. The first-order valence-electron chi connectivity index (χ1n) is 8.42. The van der Waals surface area contributed by atoms with Gasteiger partial charge in [-0.3, -0.25) is 0 Å². The highest BCUT2D eigenvalue weighted by Gasteiger charge is 2.23. The van der Waals surface area contributed by atoms with E-state index in [1.165, 1.54) is 5.56 Å². The summed E-state index contributed by atoms with van der Waals surface area (Å²) in [6, 6.07) is 8.11. The Morgan fingerprint density at radius 3 is 2.36 bits per heavy atom. The lowest BCUT2D eigenvalue weighted by atomic mass is 10.2. The zero-order valence-electron chi connectivity index (χ0n) is 15.6. The van der Waals surface area contributed by atoms with Crippen molar-refractivity contribution < 1.29 is 38.0 Å². The number of quaternary nitrogens is 1. The predicted molar refractivity (Wildman–Crippen MR) is 102 cm³/mol. The van der Waals surface area contributed by atoms with Crippen LogP contribution >= 0.6 is 0 Å². The van der Waals surface area contributed by atoms with Gasteiger partial charge in [-0.25, -0.2) is 4.79 Å². The van der Waals surface area contributed by atoms with E-state index in [1.807, 2.05) is 12.1 Å². The van der Waals surface area contributed by atoms with Crippen LogP contribution < -0.4 is 34.0 Å². The number of likely N-dealkylation sites (N-methyl/N-ethyl adjacent to an activating group) is 1. The van der Waals surface area contributed by atoms with Crippen LogP contribution in [0.1, 0.15) is 26.8 Å². The maximum atomic E-state index is 11.6. The Hall–Kier alpha value is -1.02. The van der Waals surface area contributed by atoms with E-state index in [0.29, 0.717) is 13.2 Å². The number of nitrogens with one attached hydrogen (secondary N) is 1. The summed E-state index contributed by atoms with van der Waals surface area (Å²) in [6.45, 7) is 11.8. The molecule has 146 valence electrons. The van der Waals surface area contributed by atoms with Crippen molar-refractivity contribution in [1.29, 1.82) is 0 Å². The molecule has 5 nitrogen and oxygen atoms in total. The predicted octanol–water partition coefficient (Wildman–Crippen LogP) is 0.142. The second kappa shape index (κ2) is 13.2. The first-order valence-corrected chi connectivity index (χ1v) is 8.42. The molecule has 25 heavy (non-hydrogen) atoms. The van der Waals surface area contributed by atoms with E-state index < -0.39 is 0 Å². The molecule has 1 N–H and O–H groups in total. The third kappa shape index (κ3) is 9.30. The van der Waals surface area contributed by atoms with Gasteiger partial charge in [0.2, 0.25) is 0 Å². The maximum Gasteiger partial charge on any atom is 0.317 e. The minimum atomic E-state index is -0.0358. The number of rotatable bonds is 9. The zero-order valence-corrected chi connectivity index (χ0v) is 17.8. The van der Waals surface area contributed by atoms with E-state index >= 15 is 0 Å². The summed E-state index contributed by atoms with van der Waals surface area (Å²) in [4.78, 5) is 13.2. The number of carbonyl (C=O) groups is 1. The number of carbonyl (C=O) groups excluding carboxylic acids is 1. The smallest absolute Gasteiger partial charge is 0.317 e. The Morgan fingerprint density at radius 2 is 1.84 bits per heavy atom. The van der Waals surface area contributed by atoms with Crippen molar-refractivity contribution in [2.24, 2.45) is 0 Å². The van der Waals surface area contributed by atoms with Gasteiger partial charge in [-0.15, -0.1) is 0 Å². The van der Waals surface area contributed by atoms with Crippen molar-refractivity contribution in [1.82, 2.24) is 10.2 Å². The lowest BCUT2D eigenvalue weighted by Crippen LogP contribution is -3.00. The molecule has 0 atom stereocenters. The van der Waals surface area contributed by atoms with Crippen molar-refractivity contribution in [3.05, 3.63) is 29.8 Å². The number of halogens is 1. The fraction of sp³-hybridized carbons (Fsp3) is 0.632. The molecule has 1 aromatic carbocycles. The molecule has 0 aliphatic carbocycles. The highest BCUT2D eigenvalue weighted by molar-refractivity contribution is 5.73. The summed E-state index contributed by atoms with van der Waals surface area (Å²) in [6.07, 6.45) is 0. The van der Waals surface area contributed by atoms with Crippen molar-refractivity contribution in [2.75, 3.05) is 53.4 Å². The number of aryl methyl sites for hydroxylation is 1. The first-order chi connectivity index (χ1) is 10.9. The first kappa shape index (κ1) is 26.2. The van der Waals surface area contributed by atoms with E-state index in [-0.39, 0.29) is 37.4 Å². The molecular formula is C19H36IN3O2. The lowest BCUT2D eigenvalue weighted by Gasteiger charge is -2.37. The highest BCUT2D eigenvalue weighted by atomic mass is 127. The van der Waals surface area contributed by atoms with Gasteiger partial charge in [0, 0.05) is 14.1 Å². The van der Waals surface area contributed by atoms with Gasteiger partial charge < -0.3 is 43.4 Å². The van der Waals surface area contributed by atoms with Crippen LogP contribution in [-0.4, -0.2) is 68.8 Å². The molecule has 0 aliphatic heterocycles. The molecule has 0 heterocycles. The van der Waals surface area contributed by atoms with Gasteiger partial charge >= 0.3 is 6.03 Å². The highest BCUT2D eigenvalue weighted by Crippen LogP contribution is 2.13. The standard InChI is InChI=1S/C18H31N3O2.CH4.HI/c1-6-21(7-2,12-11-19-18(22)20(4)5)13-14-23-17-10-8-9-16(3)15-17;;/h8-10,15H,6-7,11-14H2,1-5H3;1H4;1H. The number of hydrogen-bond donors (Lipinski definition) is 1. The summed E-state index contributed by atoms with van der Waals surface area (Å²) in [7, 11) is 3.51. The molecule has 0 radical (unpaired) electrons. The fourth-order valence-corrected chi connectivity index (χ4v) is 2.59. The molecule has 0 saturated heterocycles. The van der Waals surface area contributed by atoms with E-state index in [4.69, 9.17) is 4.74 Å². The van der Waals surface area contributed by atoms with E-state index in [2.05, 4.69) is 38.2 Å². The van der Waals surface area contributed by atoms with Crippen LogP contribution in [-0.2, 0) is 0 Å². The Morgan fingerprint density at radius 1 is 1.20 bits per heavy atom. The number of nitrogens with zero attached hydrogens (tertiary/aromatic N) is 2. The minimum absolute atomic E-state index is 0. The second-order valence-electron chi connectivity index (χ2n) is 6.21. The third-order valence-electron chi connectivity index (χ3n) is 4.43. The summed E-state index contributed by atoms with van der Waals surface area (Å²) >= 11 is 0. The number of benzene rings is 1. The van der Waals surface area contributed by atoms with Crippen LogP contribution in [0.2, 0.25) is 0 Å². The van der Waals surface area contributed by atoms with Crippen LogP contribution in [0, 0.1) is 6.92 Å². The van der Waals surface area contributed by atoms with Crippen LogP contribution in [0.4, 0.5) is 4.79 Å². The van der Waals surface area contributed by atoms with Gasteiger partial charge in [0.15, 0.2) is 0 Å². The molecule has 0 unspecified atom stereocenters. The number of urea groups is 1. The molecule has 1 rings (SSSR count). The van der Waals surface area contributed by atoms with Gasteiger partial charge in [0.1, 0.15) is 18.9 Å². The van der Waals surface area contributed by atoms with E-state index in [0.717, 1.165) is 36.4 Å². The van der Waals surface area contributed by atoms with Crippen molar-refractivity contribution in [3.8, 4) is 5.75 Å². The summed E-state index contributed by atoms with van der Waals surface area (Å²) in [5.41, 5.74) is 1.21. The molecule has 0 fully saturated rings. The Labute approximate surface area is 171 Å². The third-order valence-corrected chi connectivity index (χ3v) is 4.43. The molecule has 0 bridgehead atoms. The molecule has 0 saturated carbocycles. The van der Waals surface area contributed by atoms with Crippen LogP contribution in [0.5, 0.6) is 5.75 Å². The lowest BCUT2D eigenvalue weighted by molar-refractivity contribution is -0.923. The average Bonchev–Trinajstić information content (AvgIpc) is 2.53. The molecular weight excluding hydrogens is 429 g/mol. The molecule has 6 heteroatoms. The quantitative estimate of drug-likeness (QED) is 0.417. The molecule has 0 aromatic heterocycles. The van der Waals surface area contributed by atoms with Gasteiger partial charge in [-0.05, 0) is 38.5 Å². The second-order valence-corrected chi connectivity index (χ2v) is 6.21. The van der Waals surface area contributed by atoms with Crippen molar-refractivity contribution in [3.63, 3.8) is 0 Å². The summed E-state index contributed by atoms with van der Waals surface area (Å²) in [5, 5.41) is 2.95. The molecule has 0 spiro atoms. The Bertz CT molecular complexity index is 491. The molecule has 1 aromatic rings. The van der Waals surface area contributed by atoms with Crippen molar-refractivity contribution in [2.45, 2.75) is 28.2 Å². The molecule has 0 aliphatic rings. The van der Waals surface area contributed by atoms with Gasteiger partial charge in [0.25, 0.3) is 0 Å². The van der Waals surface area contributed by atoms with E-state index in [9.17, 15) is 4.79 Å². The summed E-state index contributed by atoms with van der Waals surface area (Å²) < 4.78 is 6.84. The van der Waals surface area contributed by atoms with Gasteiger partial charge in [-0.1, -0.05) is 19.6 Å². The Balaban J connectivity index is 0. The number of hydrogen-bond acceptors (Lipinski definition) is 2. The van der Waals surface area contributed by atoms with Gasteiger partial charge in [0.05, 0.1) is 26.2 Å². The Kier molecular flexibility index (Phi) is 13.9. The van der Waals surface area contributed by atoms with Crippen LogP contribution in [0.15, 0.2) is 24.3 Å². The van der Waals surface area contributed by atoms with E-state index in [1.54, 1.807) is 19.0 Å². The number of amides is 2.